The maximum absolute atomic E-state index is 14.3. The first-order chi connectivity index (χ1) is 12.7. The first-order valence-corrected chi connectivity index (χ1v) is 8.62. The van der Waals surface area contributed by atoms with Gasteiger partial charge in [-0.1, -0.05) is 28.1 Å². The van der Waals surface area contributed by atoms with Gasteiger partial charge in [0.15, 0.2) is 11.5 Å². The van der Waals surface area contributed by atoms with Crippen LogP contribution in [0.1, 0.15) is 11.3 Å². The van der Waals surface area contributed by atoms with Crippen LogP contribution in [-0.2, 0) is 13.1 Å². The molecule has 130 valence electrons. The second-order valence-corrected chi connectivity index (χ2v) is 6.55. The van der Waals surface area contributed by atoms with E-state index in [4.69, 9.17) is 0 Å². The Hall–Kier alpha value is -2.94. The number of tetrazole rings is 1. The van der Waals surface area contributed by atoms with Gasteiger partial charge in [0, 0.05) is 22.8 Å². The van der Waals surface area contributed by atoms with Crippen molar-refractivity contribution >= 4 is 27.4 Å². The predicted octanol–water partition coefficient (Wildman–Crippen LogP) is 3.02. The Balaban J connectivity index is 1.70. The molecule has 9 heteroatoms. The van der Waals surface area contributed by atoms with Gasteiger partial charge in [-0.3, -0.25) is 4.98 Å². The van der Waals surface area contributed by atoms with E-state index < -0.39 is 0 Å². The van der Waals surface area contributed by atoms with Crippen molar-refractivity contribution in [3.63, 3.8) is 0 Å². The minimum Gasteiger partial charge on any atom is -0.345 e. The van der Waals surface area contributed by atoms with Gasteiger partial charge in [-0.05, 0) is 46.8 Å². The molecule has 1 aromatic carbocycles. The summed E-state index contributed by atoms with van der Waals surface area (Å²) in [6.07, 6.45) is 1.73. The van der Waals surface area contributed by atoms with E-state index in [0.29, 0.717) is 34.6 Å². The molecule has 3 heterocycles. The fourth-order valence-electron chi connectivity index (χ4n) is 2.57. The third-order valence-electron chi connectivity index (χ3n) is 3.83. The average Bonchev–Trinajstić information content (AvgIpc) is 3.12. The summed E-state index contributed by atoms with van der Waals surface area (Å²) >= 11 is 3.28. The van der Waals surface area contributed by atoms with Crippen LogP contribution in [0.15, 0.2) is 59.2 Å². The van der Waals surface area contributed by atoms with E-state index in [2.05, 4.69) is 41.5 Å². The van der Waals surface area contributed by atoms with Crippen molar-refractivity contribution < 1.29 is 4.39 Å². The lowest BCUT2D eigenvalue weighted by molar-refractivity contribution is 0.599. The predicted molar refractivity (Wildman–Crippen MR) is 96.8 cm³/mol. The highest BCUT2D eigenvalue weighted by Gasteiger charge is 2.15. The first-order valence-electron chi connectivity index (χ1n) is 7.83. The van der Waals surface area contributed by atoms with E-state index >= 15 is 0 Å². The maximum atomic E-state index is 14.3. The van der Waals surface area contributed by atoms with Crippen LogP contribution >= 0.6 is 15.9 Å². The zero-order chi connectivity index (χ0) is 17.9. The Morgan fingerprint density at radius 3 is 2.81 bits per heavy atom. The highest BCUT2D eigenvalue weighted by Crippen LogP contribution is 2.21. The van der Waals surface area contributed by atoms with E-state index in [9.17, 15) is 4.39 Å². The third kappa shape index (κ3) is 3.52. The fraction of sp³-hybridized carbons (Fsp3) is 0.118. The van der Waals surface area contributed by atoms with Crippen LogP contribution in [0.2, 0.25) is 0 Å². The molecule has 0 atom stereocenters. The molecule has 0 aliphatic heterocycles. The molecule has 0 radical (unpaired) electrons. The van der Waals surface area contributed by atoms with Gasteiger partial charge in [-0.2, -0.15) is 0 Å². The van der Waals surface area contributed by atoms with Gasteiger partial charge < -0.3 is 4.90 Å². The summed E-state index contributed by atoms with van der Waals surface area (Å²) in [6, 6.07) is 14.3. The van der Waals surface area contributed by atoms with Gasteiger partial charge in [0.25, 0.3) is 0 Å². The van der Waals surface area contributed by atoms with Crippen molar-refractivity contribution in [1.82, 2.24) is 30.2 Å². The molecular formula is C17H13BrFN7. The number of benzene rings is 1. The van der Waals surface area contributed by atoms with E-state index in [1.54, 1.807) is 18.3 Å². The second-order valence-electron chi connectivity index (χ2n) is 5.63. The zero-order valence-electron chi connectivity index (χ0n) is 13.5. The van der Waals surface area contributed by atoms with Crippen LogP contribution in [0.5, 0.6) is 0 Å². The number of hydrogen-bond donors (Lipinski definition) is 0. The van der Waals surface area contributed by atoms with Gasteiger partial charge in [-0.25, -0.2) is 4.39 Å². The van der Waals surface area contributed by atoms with E-state index in [0.717, 1.165) is 5.69 Å². The van der Waals surface area contributed by atoms with Crippen LogP contribution in [0, 0.1) is 5.82 Å². The van der Waals surface area contributed by atoms with E-state index in [-0.39, 0.29) is 5.82 Å². The summed E-state index contributed by atoms with van der Waals surface area (Å²) in [5.41, 5.74) is 1.95. The number of halogens is 2. The largest absolute Gasteiger partial charge is 0.345 e. The third-order valence-corrected chi connectivity index (χ3v) is 4.33. The Labute approximate surface area is 156 Å². The molecular weight excluding hydrogens is 401 g/mol. The molecule has 0 fully saturated rings. The topological polar surface area (TPSA) is 72.1 Å². The Morgan fingerprint density at radius 1 is 1.08 bits per heavy atom. The number of rotatable bonds is 5. The first kappa shape index (κ1) is 16.5. The van der Waals surface area contributed by atoms with Gasteiger partial charge >= 0.3 is 0 Å². The Kier molecular flexibility index (Phi) is 4.53. The number of hydrogen-bond acceptors (Lipinski definition) is 6. The van der Waals surface area contributed by atoms with Gasteiger partial charge in [-0.15, -0.1) is 14.8 Å². The monoisotopic (exact) mass is 413 g/mol. The number of aromatic nitrogens is 6. The molecule has 0 amide bonds. The molecule has 0 unspecified atom stereocenters. The Bertz CT molecular complexity index is 1040. The van der Waals surface area contributed by atoms with Crippen LogP contribution in [-0.4, -0.2) is 30.2 Å². The van der Waals surface area contributed by atoms with Crippen molar-refractivity contribution in [1.29, 1.82) is 0 Å². The smallest absolute Gasteiger partial charge is 0.200 e. The number of nitrogens with zero attached hydrogens (tertiary/aromatic N) is 7. The SMILES string of the molecule is Fc1cc(Br)ccc1CN(Cc1ccccn1)c1ccc2nnnn2n1. The van der Waals surface area contributed by atoms with Crippen molar-refractivity contribution in [2.75, 3.05) is 4.90 Å². The molecule has 0 spiro atoms. The highest BCUT2D eigenvalue weighted by molar-refractivity contribution is 9.10. The summed E-state index contributed by atoms with van der Waals surface area (Å²) in [6.45, 7) is 0.799. The van der Waals surface area contributed by atoms with Crippen LogP contribution in [0.25, 0.3) is 5.65 Å². The summed E-state index contributed by atoms with van der Waals surface area (Å²) < 4.78 is 16.4. The van der Waals surface area contributed by atoms with Crippen LogP contribution in [0.3, 0.4) is 0 Å². The summed E-state index contributed by atoms with van der Waals surface area (Å²) in [4.78, 5) is 6.28. The molecule has 0 bridgehead atoms. The molecule has 26 heavy (non-hydrogen) atoms. The van der Waals surface area contributed by atoms with Crippen molar-refractivity contribution in [2.45, 2.75) is 13.1 Å². The Morgan fingerprint density at radius 2 is 2.00 bits per heavy atom. The normalized spacial score (nSPS) is 11.0. The number of fused-ring (bicyclic) bond motifs is 1. The molecule has 0 N–H and O–H groups in total. The lowest BCUT2D eigenvalue weighted by atomic mass is 10.2. The quantitative estimate of drug-likeness (QED) is 0.500. The maximum Gasteiger partial charge on any atom is 0.200 e. The second kappa shape index (κ2) is 7.12. The molecule has 0 saturated heterocycles. The van der Waals surface area contributed by atoms with Crippen LogP contribution < -0.4 is 4.90 Å². The van der Waals surface area contributed by atoms with Crippen LogP contribution in [0.4, 0.5) is 10.2 Å². The van der Waals surface area contributed by atoms with Gasteiger partial charge in [0.1, 0.15) is 5.82 Å². The van der Waals surface area contributed by atoms with Crippen molar-refractivity contribution in [3.05, 3.63) is 76.3 Å². The number of anilines is 1. The van der Waals surface area contributed by atoms with Crippen molar-refractivity contribution in [3.8, 4) is 0 Å². The molecule has 7 nitrogen and oxygen atoms in total. The highest BCUT2D eigenvalue weighted by atomic mass is 79.9. The number of pyridine rings is 1. The summed E-state index contributed by atoms with van der Waals surface area (Å²) in [5.74, 6) is 0.340. The molecule has 0 aliphatic carbocycles. The fourth-order valence-corrected chi connectivity index (χ4v) is 2.90. The molecule has 0 aliphatic rings. The van der Waals surface area contributed by atoms with E-state index in [1.165, 1.54) is 10.7 Å². The molecule has 4 aromatic rings. The van der Waals surface area contributed by atoms with Gasteiger partial charge in [0.05, 0.1) is 12.2 Å². The van der Waals surface area contributed by atoms with Gasteiger partial charge in [0.2, 0.25) is 0 Å². The minimum absolute atomic E-state index is 0.283. The average molecular weight is 414 g/mol. The lowest BCUT2D eigenvalue weighted by Gasteiger charge is -2.23. The summed E-state index contributed by atoms with van der Waals surface area (Å²) in [5, 5.41) is 15.7. The molecule has 0 saturated carbocycles. The molecule has 3 aromatic heterocycles. The van der Waals surface area contributed by atoms with E-state index in [1.807, 2.05) is 35.2 Å². The standard InChI is InChI=1S/C17H13BrFN7/c18-13-5-4-12(15(19)9-13)10-25(11-14-3-1-2-8-20-14)17-7-6-16-21-23-24-26(16)22-17/h1-9H,10-11H2. The summed E-state index contributed by atoms with van der Waals surface area (Å²) in [7, 11) is 0. The zero-order valence-corrected chi connectivity index (χ0v) is 15.1. The minimum atomic E-state index is -0.283. The van der Waals surface area contributed by atoms with Crippen molar-refractivity contribution in [2.24, 2.45) is 0 Å². The molecule has 4 rings (SSSR count). The lowest BCUT2D eigenvalue weighted by Crippen LogP contribution is -2.25.